The van der Waals surface area contributed by atoms with E-state index in [1.54, 1.807) is 39.3 Å². The highest BCUT2D eigenvalue weighted by atomic mass is 19.1. The van der Waals surface area contributed by atoms with Crippen molar-refractivity contribution in [1.29, 1.82) is 0 Å². The van der Waals surface area contributed by atoms with Crippen molar-refractivity contribution in [3.63, 3.8) is 0 Å². The molecule has 2 N–H and O–H groups in total. The summed E-state index contributed by atoms with van der Waals surface area (Å²) in [5.41, 5.74) is 3.26. The molecule has 0 unspecified atom stereocenters. The highest BCUT2D eigenvalue weighted by Crippen LogP contribution is 2.24. The number of carbonyl (C=O) groups is 1. The van der Waals surface area contributed by atoms with E-state index in [1.807, 2.05) is 12.1 Å². The fourth-order valence-electron chi connectivity index (χ4n) is 2.74. The van der Waals surface area contributed by atoms with E-state index in [0.717, 1.165) is 16.7 Å². The maximum absolute atomic E-state index is 13.3. The summed E-state index contributed by atoms with van der Waals surface area (Å²) >= 11 is 0. The Kier molecular flexibility index (Phi) is 5.40. The number of ether oxygens (including phenoxy) is 2. The van der Waals surface area contributed by atoms with E-state index in [9.17, 15) is 9.18 Å². The van der Waals surface area contributed by atoms with Crippen molar-refractivity contribution < 1.29 is 18.7 Å². The number of rotatable bonds is 6. The number of nitrogens with one attached hydrogen (secondary N) is 2. The number of aryl methyl sites for hydroxylation is 1. The molecular weight excluding hydrogens is 349 g/mol. The Morgan fingerprint density at radius 2 is 1.81 bits per heavy atom. The molecule has 0 atom stereocenters. The number of hydrogen-bond acceptors (Lipinski definition) is 4. The van der Waals surface area contributed by atoms with E-state index in [0.29, 0.717) is 29.4 Å². The molecule has 0 spiro atoms. The largest absolute Gasteiger partial charge is 0.497 e. The van der Waals surface area contributed by atoms with Gasteiger partial charge in [-0.15, -0.1) is 0 Å². The van der Waals surface area contributed by atoms with E-state index >= 15 is 0 Å². The molecule has 0 aliphatic carbocycles. The number of aromatic nitrogens is 2. The van der Waals surface area contributed by atoms with Gasteiger partial charge in [-0.1, -0.05) is 0 Å². The molecule has 140 valence electrons. The minimum Gasteiger partial charge on any atom is -0.497 e. The maximum atomic E-state index is 13.3. The molecule has 1 amide bonds. The third-order valence-electron chi connectivity index (χ3n) is 4.15. The third kappa shape index (κ3) is 4.25. The Bertz CT molecular complexity index is 947. The molecule has 1 heterocycles. The van der Waals surface area contributed by atoms with Gasteiger partial charge >= 0.3 is 0 Å². The number of benzene rings is 2. The zero-order chi connectivity index (χ0) is 19.4. The van der Waals surface area contributed by atoms with Gasteiger partial charge in [-0.3, -0.25) is 9.89 Å². The summed E-state index contributed by atoms with van der Waals surface area (Å²) in [5.74, 6) is 0.692. The smallest absolute Gasteiger partial charge is 0.269 e. The number of aromatic amines is 1. The zero-order valence-electron chi connectivity index (χ0n) is 15.3. The highest BCUT2D eigenvalue weighted by molar-refractivity contribution is 5.93. The van der Waals surface area contributed by atoms with Gasteiger partial charge in [0.05, 0.1) is 19.9 Å². The van der Waals surface area contributed by atoms with Gasteiger partial charge in [0.1, 0.15) is 23.0 Å². The van der Waals surface area contributed by atoms with Gasteiger partial charge in [-0.25, -0.2) is 4.39 Å². The Morgan fingerprint density at radius 1 is 1.11 bits per heavy atom. The van der Waals surface area contributed by atoms with Crippen LogP contribution in [0.5, 0.6) is 11.5 Å². The lowest BCUT2D eigenvalue weighted by molar-refractivity contribution is 0.0946. The topological polar surface area (TPSA) is 76.2 Å². The molecule has 6 nitrogen and oxygen atoms in total. The third-order valence-corrected chi connectivity index (χ3v) is 4.15. The Labute approximate surface area is 156 Å². The van der Waals surface area contributed by atoms with E-state index < -0.39 is 0 Å². The second-order valence-electron chi connectivity index (χ2n) is 6.03. The predicted octanol–water partition coefficient (Wildman–Crippen LogP) is 3.47. The molecular formula is C20H20FN3O3. The Morgan fingerprint density at radius 3 is 2.44 bits per heavy atom. The number of H-pyrrole nitrogens is 1. The Hall–Kier alpha value is -3.35. The van der Waals surface area contributed by atoms with Crippen LogP contribution in [0.3, 0.4) is 0 Å². The fraction of sp³-hybridized carbons (Fsp3) is 0.200. The van der Waals surface area contributed by atoms with Crippen LogP contribution in [0.15, 0.2) is 42.5 Å². The van der Waals surface area contributed by atoms with Crippen molar-refractivity contribution in [3.05, 3.63) is 65.1 Å². The molecule has 0 aliphatic rings. The number of nitrogens with zero attached hydrogens (tertiary/aromatic N) is 1. The second kappa shape index (κ2) is 7.90. The number of halogens is 1. The van der Waals surface area contributed by atoms with E-state index in [2.05, 4.69) is 15.5 Å². The summed E-state index contributed by atoms with van der Waals surface area (Å²) in [6, 6.07) is 11.5. The molecule has 0 saturated heterocycles. The molecule has 7 heteroatoms. The van der Waals surface area contributed by atoms with E-state index in [1.165, 1.54) is 12.1 Å². The minimum absolute atomic E-state index is 0.296. The average molecular weight is 369 g/mol. The number of hydrogen-bond donors (Lipinski definition) is 2. The lowest BCUT2D eigenvalue weighted by atomic mass is 10.1. The molecule has 27 heavy (non-hydrogen) atoms. The predicted molar refractivity (Wildman–Crippen MR) is 99.4 cm³/mol. The monoisotopic (exact) mass is 369 g/mol. The SMILES string of the molecule is COc1cc(CNC(=O)c2cc(-c3ccc(F)cc3C)n[nH]2)cc(OC)c1. The van der Waals surface area contributed by atoms with Crippen LogP contribution < -0.4 is 14.8 Å². The van der Waals surface area contributed by atoms with Gasteiger partial charge in [-0.2, -0.15) is 5.10 Å². The zero-order valence-corrected chi connectivity index (χ0v) is 15.3. The van der Waals surface area contributed by atoms with E-state index in [4.69, 9.17) is 9.47 Å². The molecule has 3 aromatic rings. The standard InChI is InChI=1S/C20H20FN3O3/c1-12-6-14(21)4-5-17(12)18-10-19(24-23-18)20(25)22-11-13-7-15(26-2)9-16(8-13)27-3/h4-10H,11H2,1-3H3,(H,22,25)(H,23,24). The number of amides is 1. The van der Waals surface area contributed by atoms with Crippen molar-refractivity contribution in [2.45, 2.75) is 13.5 Å². The van der Waals surface area contributed by atoms with Crippen LogP contribution in [0.2, 0.25) is 0 Å². The lowest BCUT2D eigenvalue weighted by Gasteiger charge is -2.09. The van der Waals surface area contributed by atoms with Gasteiger partial charge < -0.3 is 14.8 Å². The van der Waals surface area contributed by atoms with Crippen molar-refractivity contribution >= 4 is 5.91 Å². The van der Waals surface area contributed by atoms with Crippen LogP contribution in [0.4, 0.5) is 4.39 Å². The molecule has 0 bridgehead atoms. The summed E-state index contributed by atoms with van der Waals surface area (Å²) in [7, 11) is 3.14. The summed E-state index contributed by atoms with van der Waals surface area (Å²) in [6.07, 6.45) is 0. The lowest BCUT2D eigenvalue weighted by Crippen LogP contribution is -2.23. The quantitative estimate of drug-likeness (QED) is 0.698. The van der Waals surface area contributed by atoms with Crippen LogP contribution in [-0.2, 0) is 6.54 Å². The Balaban J connectivity index is 1.71. The second-order valence-corrected chi connectivity index (χ2v) is 6.03. The van der Waals surface area contributed by atoms with Gasteiger partial charge in [0.25, 0.3) is 5.91 Å². The van der Waals surface area contributed by atoms with Crippen molar-refractivity contribution in [1.82, 2.24) is 15.5 Å². The summed E-state index contributed by atoms with van der Waals surface area (Å²) in [4.78, 5) is 12.4. The van der Waals surface area contributed by atoms with Crippen molar-refractivity contribution in [2.24, 2.45) is 0 Å². The van der Waals surface area contributed by atoms with Crippen LogP contribution in [0, 0.1) is 12.7 Å². The maximum Gasteiger partial charge on any atom is 0.269 e. The molecule has 1 aromatic heterocycles. The first kappa shape index (κ1) is 18.4. The van der Waals surface area contributed by atoms with Gasteiger partial charge in [-0.05, 0) is 54.4 Å². The van der Waals surface area contributed by atoms with Gasteiger partial charge in [0, 0.05) is 18.2 Å². The average Bonchev–Trinajstić information content (AvgIpc) is 3.15. The normalized spacial score (nSPS) is 10.5. The summed E-state index contributed by atoms with van der Waals surface area (Å²) in [5, 5.41) is 9.71. The molecule has 2 aromatic carbocycles. The first-order valence-electron chi connectivity index (χ1n) is 8.32. The molecule has 0 saturated carbocycles. The first-order valence-corrected chi connectivity index (χ1v) is 8.32. The minimum atomic E-state index is -0.307. The summed E-state index contributed by atoms with van der Waals surface area (Å²) < 4.78 is 23.7. The van der Waals surface area contributed by atoms with Crippen LogP contribution >= 0.6 is 0 Å². The van der Waals surface area contributed by atoms with Crippen LogP contribution in [0.1, 0.15) is 21.6 Å². The molecule has 3 rings (SSSR count). The molecule has 0 radical (unpaired) electrons. The highest BCUT2D eigenvalue weighted by Gasteiger charge is 2.13. The van der Waals surface area contributed by atoms with E-state index in [-0.39, 0.29) is 11.7 Å². The van der Waals surface area contributed by atoms with Gasteiger partial charge in [0.2, 0.25) is 0 Å². The number of methoxy groups -OCH3 is 2. The van der Waals surface area contributed by atoms with Crippen molar-refractivity contribution in [2.75, 3.05) is 14.2 Å². The fourth-order valence-corrected chi connectivity index (χ4v) is 2.74. The molecule has 0 fully saturated rings. The molecule has 0 aliphatic heterocycles. The van der Waals surface area contributed by atoms with Crippen molar-refractivity contribution in [3.8, 4) is 22.8 Å². The van der Waals surface area contributed by atoms with Gasteiger partial charge in [0.15, 0.2) is 0 Å². The number of carbonyl (C=O) groups excluding carboxylic acids is 1. The summed E-state index contributed by atoms with van der Waals surface area (Å²) in [6.45, 7) is 2.10. The first-order chi connectivity index (χ1) is 13.0. The van der Waals surface area contributed by atoms with Crippen LogP contribution in [-0.4, -0.2) is 30.3 Å². The van der Waals surface area contributed by atoms with Crippen LogP contribution in [0.25, 0.3) is 11.3 Å².